The van der Waals surface area contributed by atoms with Crippen molar-refractivity contribution in [3.63, 3.8) is 0 Å². The van der Waals surface area contributed by atoms with Gasteiger partial charge >= 0.3 is 0 Å². The van der Waals surface area contributed by atoms with Crippen molar-refractivity contribution in [2.24, 2.45) is 0 Å². The molecule has 0 aliphatic carbocycles. The molecule has 1 heterocycles. The highest BCUT2D eigenvalue weighted by molar-refractivity contribution is 5.94. The molecule has 1 amide bonds. The minimum absolute atomic E-state index is 0.0940. The summed E-state index contributed by atoms with van der Waals surface area (Å²) in [6.07, 6.45) is 1.60. The van der Waals surface area contributed by atoms with Crippen molar-refractivity contribution in [2.45, 2.75) is 27.3 Å². The van der Waals surface area contributed by atoms with Crippen LogP contribution >= 0.6 is 0 Å². The quantitative estimate of drug-likeness (QED) is 0.737. The van der Waals surface area contributed by atoms with E-state index in [0.29, 0.717) is 43.4 Å². The average Bonchev–Trinajstić information content (AvgIpc) is 2.60. The summed E-state index contributed by atoms with van der Waals surface area (Å²) in [5.41, 5.74) is 2.23. The van der Waals surface area contributed by atoms with Crippen molar-refractivity contribution in [1.82, 2.24) is 14.9 Å². The lowest BCUT2D eigenvalue weighted by Gasteiger charge is -2.23. The van der Waals surface area contributed by atoms with E-state index in [-0.39, 0.29) is 5.91 Å². The summed E-state index contributed by atoms with van der Waals surface area (Å²) in [5.74, 6) is 1.39. The van der Waals surface area contributed by atoms with Gasteiger partial charge < -0.3 is 14.4 Å². The van der Waals surface area contributed by atoms with E-state index >= 15 is 0 Å². The van der Waals surface area contributed by atoms with Crippen molar-refractivity contribution >= 4 is 5.91 Å². The molecule has 0 radical (unpaired) electrons. The number of amides is 1. The van der Waals surface area contributed by atoms with Gasteiger partial charge in [-0.2, -0.15) is 0 Å². The summed E-state index contributed by atoms with van der Waals surface area (Å²) >= 11 is 0. The van der Waals surface area contributed by atoms with Gasteiger partial charge in [0.05, 0.1) is 24.5 Å². The number of benzene rings is 1. The summed E-state index contributed by atoms with van der Waals surface area (Å²) in [4.78, 5) is 23.1. The number of rotatable bonds is 8. The third-order valence-electron chi connectivity index (χ3n) is 3.79. The molecule has 0 saturated carbocycles. The molecule has 2 aromatic rings. The van der Waals surface area contributed by atoms with E-state index < -0.39 is 0 Å². The molecular weight excluding hydrogens is 318 g/mol. The Morgan fingerprint density at radius 2 is 1.92 bits per heavy atom. The first-order valence-corrected chi connectivity index (χ1v) is 8.35. The first kappa shape index (κ1) is 18.9. The molecule has 0 unspecified atom stereocenters. The predicted molar refractivity (Wildman–Crippen MR) is 95.7 cm³/mol. The smallest absolute Gasteiger partial charge is 0.257 e. The van der Waals surface area contributed by atoms with Crippen LogP contribution in [0.5, 0.6) is 5.75 Å². The number of nitrogens with zero attached hydrogens (tertiary/aromatic N) is 3. The molecule has 1 aromatic heterocycles. The van der Waals surface area contributed by atoms with Gasteiger partial charge in [0.2, 0.25) is 0 Å². The molecule has 0 fully saturated rings. The van der Waals surface area contributed by atoms with Crippen LogP contribution in [0.15, 0.2) is 30.5 Å². The van der Waals surface area contributed by atoms with Crippen molar-refractivity contribution < 1.29 is 14.3 Å². The van der Waals surface area contributed by atoms with Crippen molar-refractivity contribution in [3.8, 4) is 5.75 Å². The number of aryl methyl sites for hydroxylation is 2. The highest BCUT2D eigenvalue weighted by atomic mass is 16.5. The number of carbonyl (C=O) groups excluding carboxylic acids is 1. The first-order chi connectivity index (χ1) is 12.0. The maximum absolute atomic E-state index is 12.9. The topological polar surface area (TPSA) is 64.6 Å². The summed E-state index contributed by atoms with van der Waals surface area (Å²) in [6, 6.07) is 7.77. The lowest BCUT2D eigenvalue weighted by atomic mass is 10.1. The van der Waals surface area contributed by atoms with E-state index in [9.17, 15) is 4.79 Å². The van der Waals surface area contributed by atoms with Crippen LogP contribution in [0.3, 0.4) is 0 Å². The van der Waals surface area contributed by atoms with Gasteiger partial charge in [-0.15, -0.1) is 0 Å². The standard InChI is InChI=1S/C19H25N3O3/c1-5-25-17-8-6-16(7-9-17)13-22(10-11-24-4)19(23)18-12-20-15(3)21-14(18)2/h6-9,12H,5,10-11,13H2,1-4H3. The summed E-state index contributed by atoms with van der Waals surface area (Å²) in [7, 11) is 1.62. The third-order valence-corrected chi connectivity index (χ3v) is 3.79. The van der Waals surface area contributed by atoms with E-state index in [1.807, 2.05) is 45.0 Å². The maximum Gasteiger partial charge on any atom is 0.257 e. The number of carbonyl (C=O) groups is 1. The van der Waals surface area contributed by atoms with E-state index in [4.69, 9.17) is 9.47 Å². The Balaban J connectivity index is 2.18. The van der Waals surface area contributed by atoms with Crippen LogP contribution in [0.4, 0.5) is 0 Å². The molecule has 2 rings (SSSR count). The molecule has 0 saturated heterocycles. The molecule has 0 aliphatic rings. The molecule has 0 N–H and O–H groups in total. The van der Waals surface area contributed by atoms with Crippen LogP contribution in [-0.4, -0.2) is 47.6 Å². The number of methoxy groups -OCH3 is 1. The van der Waals surface area contributed by atoms with Crippen LogP contribution in [0.1, 0.15) is 34.4 Å². The molecule has 1 aromatic carbocycles. The zero-order valence-electron chi connectivity index (χ0n) is 15.3. The Hall–Kier alpha value is -2.47. The normalized spacial score (nSPS) is 10.6. The molecule has 0 aliphatic heterocycles. The lowest BCUT2D eigenvalue weighted by molar-refractivity contribution is 0.0678. The highest BCUT2D eigenvalue weighted by Gasteiger charge is 2.19. The van der Waals surface area contributed by atoms with Gasteiger partial charge in [-0.05, 0) is 38.5 Å². The summed E-state index contributed by atoms with van der Waals surface area (Å²) in [6.45, 7) is 7.67. The molecule has 134 valence electrons. The Kier molecular flexibility index (Phi) is 6.89. The van der Waals surface area contributed by atoms with E-state index in [1.165, 1.54) is 0 Å². The van der Waals surface area contributed by atoms with Crippen LogP contribution in [0, 0.1) is 13.8 Å². The molecular formula is C19H25N3O3. The Labute approximate surface area is 148 Å². The highest BCUT2D eigenvalue weighted by Crippen LogP contribution is 2.16. The predicted octanol–water partition coefficient (Wildman–Crippen LogP) is 2.78. The van der Waals surface area contributed by atoms with Gasteiger partial charge in [-0.1, -0.05) is 12.1 Å². The molecule has 0 atom stereocenters. The van der Waals surface area contributed by atoms with Gasteiger partial charge in [0.25, 0.3) is 5.91 Å². The second-order valence-electron chi connectivity index (χ2n) is 5.71. The second-order valence-corrected chi connectivity index (χ2v) is 5.71. The van der Waals surface area contributed by atoms with E-state index in [0.717, 1.165) is 11.3 Å². The zero-order valence-corrected chi connectivity index (χ0v) is 15.3. The third kappa shape index (κ3) is 5.26. The van der Waals surface area contributed by atoms with Crippen molar-refractivity contribution in [2.75, 3.05) is 26.9 Å². The van der Waals surface area contributed by atoms with Crippen LogP contribution < -0.4 is 4.74 Å². The molecule has 0 bridgehead atoms. The van der Waals surface area contributed by atoms with Crippen molar-refractivity contribution in [3.05, 3.63) is 53.1 Å². The van der Waals surface area contributed by atoms with Crippen LogP contribution in [0.25, 0.3) is 0 Å². The Bertz CT molecular complexity index is 702. The monoisotopic (exact) mass is 343 g/mol. The molecule has 6 heteroatoms. The SMILES string of the molecule is CCOc1ccc(CN(CCOC)C(=O)c2cnc(C)nc2C)cc1. The number of hydrogen-bond donors (Lipinski definition) is 0. The fourth-order valence-corrected chi connectivity index (χ4v) is 2.50. The van der Waals surface area contributed by atoms with Gasteiger partial charge in [0.1, 0.15) is 11.6 Å². The number of ether oxygens (including phenoxy) is 2. The van der Waals surface area contributed by atoms with Crippen molar-refractivity contribution in [1.29, 1.82) is 0 Å². The minimum Gasteiger partial charge on any atom is -0.494 e. The summed E-state index contributed by atoms with van der Waals surface area (Å²) < 4.78 is 10.6. The van der Waals surface area contributed by atoms with Gasteiger partial charge in [0, 0.05) is 26.4 Å². The minimum atomic E-state index is -0.0940. The van der Waals surface area contributed by atoms with Gasteiger partial charge in [0.15, 0.2) is 0 Å². The van der Waals surface area contributed by atoms with Gasteiger partial charge in [-0.3, -0.25) is 4.79 Å². The fourth-order valence-electron chi connectivity index (χ4n) is 2.50. The number of aromatic nitrogens is 2. The van der Waals surface area contributed by atoms with E-state index in [2.05, 4.69) is 9.97 Å². The Morgan fingerprint density at radius 3 is 2.52 bits per heavy atom. The van der Waals surface area contributed by atoms with E-state index in [1.54, 1.807) is 18.2 Å². The van der Waals surface area contributed by atoms with Gasteiger partial charge in [-0.25, -0.2) is 9.97 Å². The van der Waals surface area contributed by atoms with Crippen LogP contribution in [-0.2, 0) is 11.3 Å². The largest absolute Gasteiger partial charge is 0.494 e. The number of hydrogen-bond acceptors (Lipinski definition) is 5. The Morgan fingerprint density at radius 1 is 1.20 bits per heavy atom. The average molecular weight is 343 g/mol. The maximum atomic E-state index is 12.9. The summed E-state index contributed by atoms with van der Waals surface area (Å²) in [5, 5.41) is 0. The second kappa shape index (κ2) is 9.13. The lowest BCUT2D eigenvalue weighted by Crippen LogP contribution is -2.34. The molecule has 0 spiro atoms. The fraction of sp³-hybridized carbons (Fsp3) is 0.421. The van der Waals surface area contributed by atoms with Crippen LogP contribution in [0.2, 0.25) is 0 Å². The zero-order chi connectivity index (χ0) is 18.2. The first-order valence-electron chi connectivity index (χ1n) is 8.35. The molecule has 6 nitrogen and oxygen atoms in total. The molecule has 25 heavy (non-hydrogen) atoms.